The van der Waals surface area contributed by atoms with Gasteiger partial charge in [-0.15, -0.1) is 0 Å². The van der Waals surface area contributed by atoms with Gasteiger partial charge in [0.05, 0.1) is 23.5 Å². The maximum absolute atomic E-state index is 13.8. The zero-order valence-electron chi connectivity index (χ0n) is 19.5. The molecular formula is C25H33N5O2. The highest BCUT2D eigenvalue weighted by Gasteiger charge is 2.33. The Bertz CT molecular complexity index is 1010. The third kappa shape index (κ3) is 4.54. The van der Waals surface area contributed by atoms with Gasteiger partial charge in [-0.3, -0.25) is 19.4 Å². The third-order valence-electron chi connectivity index (χ3n) is 6.60. The van der Waals surface area contributed by atoms with Crippen molar-refractivity contribution in [2.24, 2.45) is 0 Å². The molecule has 1 fully saturated rings. The number of amides is 2. The number of likely N-dealkylation sites (N-methyl/N-ethyl adjacent to an activating group) is 1. The van der Waals surface area contributed by atoms with E-state index in [0.29, 0.717) is 41.4 Å². The van der Waals surface area contributed by atoms with Gasteiger partial charge in [0.25, 0.3) is 5.91 Å². The van der Waals surface area contributed by atoms with Crippen LogP contribution in [0.5, 0.6) is 0 Å². The Balaban J connectivity index is 1.67. The summed E-state index contributed by atoms with van der Waals surface area (Å²) in [5.41, 5.74) is 2.62. The fraction of sp³-hybridized carbons (Fsp3) is 0.480. The van der Waals surface area contributed by atoms with Gasteiger partial charge >= 0.3 is 0 Å². The Labute approximate surface area is 190 Å². The molecule has 1 aromatic carbocycles. The number of nitrogens with one attached hydrogen (secondary N) is 1. The minimum Gasteiger partial charge on any atom is -0.319 e. The summed E-state index contributed by atoms with van der Waals surface area (Å²) in [5, 5.41) is 2.92. The van der Waals surface area contributed by atoms with E-state index in [2.05, 4.69) is 41.0 Å². The predicted molar refractivity (Wildman–Crippen MR) is 127 cm³/mol. The van der Waals surface area contributed by atoms with Crippen molar-refractivity contribution in [1.29, 1.82) is 0 Å². The molecule has 2 aliphatic rings. The number of fused-ring (bicyclic) bond motifs is 2. The molecule has 2 aromatic rings. The van der Waals surface area contributed by atoms with Gasteiger partial charge in [-0.05, 0) is 77.0 Å². The first kappa shape index (κ1) is 22.4. The number of hydrogen-bond donors (Lipinski definition) is 1. The summed E-state index contributed by atoms with van der Waals surface area (Å²) in [6, 6.07) is 9.94. The van der Waals surface area contributed by atoms with Crippen molar-refractivity contribution in [1.82, 2.24) is 14.8 Å². The second-order valence-corrected chi connectivity index (χ2v) is 9.23. The number of aryl methyl sites for hydroxylation is 1. The molecule has 170 valence electrons. The van der Waals surface area contributed by atoms with Crippen LogP contribution in [-0.2, 0) is 4.79 Å². The average Bonchev–Trinajstić information content (AvgIpc) is 2.88. The molecule has 1 N–H and O–H groups in total. The molecule has 7 nitrogen and oxygen atoms in total. The van der Waals surface area contributed by atoms with Crippen LogP contribution in [0.4, 0.5) is 17.2 Å². The molecule has 32 heavy (non-hydrogen) atoms. The molecule has 7 heteroatoms. The number of likely N-dealkylation sites (tertiary alicyclic amines) is 1. The van der Waals surface area contributed by atoms with Crippen LogP contribution < -0.4 is 10.2 Å². The molecule has 1 unspecified atom stereocenters. The quantitative estimate of drug-likeness (QED) is 0.773. The molecular weight excluding hydrogens is 402 g/mol. The summed E-state index contributed by atoms with van der Waals surface area (Å²) in [6.07, 6.45) is 5.04. The van der Waals surface area contributed by atoms with Crippen LogP contribution in [0.3, 0.4) is 0 Å². The molecule has 0 bridgehead atoms. The molecule has 1 aromatic heterocycles. The Morgan fingerprint density at radius 2 is 2.09 bits per heavy atom. The number of anilines is 3. The minimum absolute atomic E-state index is 0.0626. The van der Waals surface area contributed by atoms with Gasteiger partial charge in [-0.1, -0.05) is 12.5 Å². The van der Waals surface area contributed by atoms with E-state index in [9.17, 15) is 9.59 Å². The zero-order chi connectivity index (χ0) is 22.8. The number of pyridine rings is 1. The molecule has 2 aliphatic heterocycles. The van der Waals surface area contributed by atoms with E-state index in [1.807, 2.05) is 19.1 Å². The lowest BCUT2D eigenvalue weighted by molar-refractivity contribution is -0.120. The van der Waals surface area contributed by atoms with Gasteiger partial charge in [0.2, 0.25) is 5.91 Å². The molecule has 0 aliphatic carbocycles. The van der Waals surface area contributed by atoms with Gasteiger partial charge in [0.1, 0.15) is 0 Å². The van der Waals surface area contributed by atoms with E-state index in [1.165, 1.54) is 6.42 Å². The monoisotopic (exact) mass is 435 g/mol. The largest absolute Gasteiger partial charge is 0.319 e. The summed E-state index contributed by atoms with van der Waals surface area (Å²) in [6.45, 7) is 8.50. The molecule has 1 atom stereocenters. The normalized spacial score (nSPS) is 18.9. The van der Waals surface area contributed by atoms with Crippen LogP contribution in [0.1, 0.15) is 49.0 Å². The van der Waals surface area contributed by atoms with Crippen molar-refractivity contribution in [3.8, 4) is 0 Å². The highest BCUT2D eigenvalue weighted by Crippen LogP contribution is 2.37. The third-order valence-corrected chi connectivity index (χ3v) is 6.60. The van der Waals surface area contributed by atoms with E-state index in [-0.39, 0.29) is 11.8 Å². The topological polar surface area (TPSA) is 68.8 Å². The van der Waals surface area contributed by atoms with Crippen LogP contribution >= 0.6 is 0 Å². The fourth-order valence-electron chi connectivity index (χ4n) is 4.51. The van der Waals surface area contributed by atoms with Crippen LogP contribution in [0.25, 0.3) is 0 Å². The smallest absolute Gasteiger partial charge is 0.257 e. The second kappa shape index (κ2) is 9.38. The number of carbonyl (C=O) groups excluding carboxylic acids is 2. The van der Waals surface area contributed by atoms with Crippen molar-refractivity contribution in [3.05, 3.63) is 47.7 Å². The van der Waals surface area contributed by atoms with Crippen molar-refractivity contribution in [2.75, 3.05) is 36.9 Å². The highest BCUT2D eigenvalue weighted by molar-refractivity contribution is 6.17. The Morgan fingerprint density at radius 1 is 1.28 bits per heavy atom. The molecule has 1 saturated heterocycles. The van der Waals surface area contributed by atoms with Crippen LogP contribution in [0.2, 0.25) is 0 Å². The van der Waals surface area contributed by atoms with Gasteiger partial charge in [0.15, 0.2) is 5.82 Å². The maximum Gasteiger partial charge on any atom is 0.257 e. The SMILES string of the molecule is Cc1ccc2c(c1)N(C(=O)CN1CCCCC1CN(C)C(C)C)c1ncccc1NC2=O. The van der Waals surface area contributed by atoms with Crippen LogP contribution in [0.15, 0.2) is 36.5 Å². The van der Waals surface area contributed by atoms with Gasteiger partial charge in [-0.2, -0.15) is 0 Å². The van der Waals surface area contributed by atoms with Crippen molar-refractivity contribution in [3.63, 3.8) is 0 Å². The van der Waals surface area contributed by atoms with Crippen LogP contribution in [-0.4, -0.2) is 65.4 Å². The number of hydrogen-bond acceptors (Lipinski definition) is 5. The fourth-order valence-corrected chi connectivity index (χ4v) is 4.51. The van der Waals surface area contributed by atoms with Gasteiger partial charge in [-0.25, -0.2) is 4.98 Å². The average molecular weight is 436 g/mol. The van der Waals surface area contributed by atoms with Crippen molar-refractivity contribution < 1.29 is 9.59 Å². The zero-order valence-corrected chi connectivity index (χ0v) is 19.5. The molecule has 4 rings (SSSR count). The number of aromatic nitrogens is 1. The molecule has 0 spiro atoms. The lowest BCUT2D eigenvalue weighted by Gasteiger charge is -2.39. The van der Waals surface area contributed by atoms with Crippen molar-refractivity contribution >= 4 is 29.0 Å². The van der Waals surface area contributed by atoms with E-state index in [4.69, 9.17) is 0 Å². The van der Waals surface area contributed by atoms with E-state index < -0.39 is 0 Å². The predicted octanol–water partition coefficient (Wildman–Crippen LogP) is 3.82. The molecule has 0 saturated carbocycles. The number of rotatable bonds is 5. The first-order valence-electron chi connectivity index (χ1n) is 11.5. The summed E-state index contributed by atoms with van der Waals surface area (Å²) < 4.78 is 0. The molecule has 3 heterocycles. The summed E-state index contributed by atoms with van der Waals surface area (Å²) in [7, 11) is 2.14. The number of piperidine rings is 1. The second-order valence-electron chi connectivity index (χ2n) is 9.23. The minimum atomic E-state index is -0.223. The summed E-state index contributed by atoms with van der Waals surface area (Å²) in [4.78, 5) is 37.5. The van der Waals surface area contributed by atoms with E-state index in [1.54, 1.807) is 29.3 Å². The highest BCUT2D eigenvalue weighted by atomic mass is 16.2. The van der Waals surface area contributed by atoms with Gasteiger partial charge in [0, 0.05) is 24.8 Å². The summed E-state index contributed by atoms with van der Waals surface area (Å²) >= 11 is 0. The standard InChI is InChI=1S/C25H33N5O2/c1-17(2)28(4)15-19-8-5-6-13-29(19)16-23(31)30-22-14-18(3)10-11-20(22)25(32)27-21-9-7-12-26-24(21)30/h7,9-12,14,17,19H,5-6,8,13,15-16H2,1-4H3,(H,27,32). The Kier molecular flexibility index (Phi) is 6.58. The Morgan fingerprint density at radius 3 is 2.88 bits per heavy atom. The number of benzene rings is 1. The maximum atomic E-state index is 13.8. The number of nitrogens with zero attached hydrogens (tertiary/aromatic N) is 4. The first-order valence-corrected chi connectivity index (χ1v) is 11.5. The van der Waals surface area contributed by atoms with E-state index >= 15 is 0 Å². The van der Waals surface area contributed by atoms with Crippen molar-refractivity contribution in [2.45, 2.75) is 52.1 Å². The van der Waals surface area contributed by atoms with Gasteiger partial charge < -0.3 is 10.2 Å². The Hall–Kier alpha value is -2.77. The lowest BCUT2D eigenvalue weighted by Crippen LogP contribution is -2.50. The van der Waals surface area contributed by atoms with Crippen LogP contribution in [0, 0.1) is 6.92 Å². The molecule has 0 radical (unpaired) electrons. The van der Waals surface area contributed by atoms with E-state index in [0.717, 1.165) is 31.5 Å². The number of carbonyl (C=O) groups is 2. The first-order chi connectivity index (χ1) is 15.3. The molecule has 2 amide bonds. The lowest BCUT2D eigenvalue weighted by atomic mass is 10.0. The summed E-state index contributed by atoms with van der Waals surface area (Å²) in [5.74, 6) is 0.189.